The van der Waals surface area contributed by atoms with Gasteiger partial charge in [0.1, 0.15) is 5.75 Å². The summed E-state index contributed by atoms with van der Waals surface area (Å²) in [6.45, 7) is 2.13. The van der Waals surface area contributed by atoms with E-state index in [0.29, 0.717) is 0 Å². The van der Waals surface area contributed by atoms with Crippen molar-refractivity contribution in [2.75, 3.05) is 12.4 Å². The van der Waals surface area contributed by atoms with Gasteiger partial charge in [0.2, 0.25) is 0 Å². The molecule has 0 bridgehead atoms. The smallest absolute Gasteiger partial charge is 0.122 e. The van der Waals surface area contributed by atoms with Crippen molar-refractivity contribution in [3.63, 3.8) is 0 Å². The first kappa shape index (κ1) is 15.9. The molecule has 1 atom stereocenters. The number of rotatable bonds is 4. The van der Waals surface area contributed by atoms with E-state index in [2.05, 4.69) is 72.2 Å². The van der Waals surface area contributed by atoms with Gasteiger partial charge in [-0.3, -0.25) is 0 Å². The van der Waals surface area contributed by atoms with Gasteiger partial charge < -0.3 is 10.1 Å². The lowest BCUT2D eigenvalue weighted by atomic mass is 10.1. The summed E-state index contributed by atoms with van der Waals surface area (Å²) in [5.41, 5.74) is 2.21. The molecule has 0 aromatic heterocycles. The molecule has 2 rings (SSSR count). The van der Waals surface area contributed by atoms with Gasteiger partial charge in [0.15, 0.2) is 0 Å². The van der Waals surface area contributed by atoms with E-state index in [-0.39, 0.29) is 6.04 Å². The van der Waals surface area contributed by atoms with E-state index >= 15 is 0 Å². The fourth-order valence-electron chi connectivity index (χ4n) is 1.94. The molecule has 20 heavy (non-hydrogen) atoms. The third-order valence-corrected chi connectivity index (χ3v) is 4.56. The van der Waals surface area contributed by atoms with Gasteiger partial charge in [-0.25, -0.2) is 0 Å². The Kier molecular flexibility index (Phi) is 5.52. The Morgan fingerprint density at radius 2 is 1.75 bits per heavy atom. The summed E-state index contributed by atoms with van der Waals surface area (Å²) in [6.07, 6.45) is 0. The molecule has 5 heteroatoms. The van der Waals surface area contributed by atoms with Gasteiger partial charge in [-0.05, 0) is 36.8 Å². The predicted octanol–water partition coefficient (Wildman–Crippen LogP) is 6.16. The second-order valence-electron chi connectivity index (χ2n) is 4.41. The van der Waals surface area contributed by atoms with Crippen LogP contribution in [0.25, 0.3) is 0 Å². The average molecular weight is 464 g/mol. The van der Waals surface area contributed by atoms with Crippen LogP contribution in [-0.2, 0) is 0 Å². The fraction of sp³-hybridized carbons (Fsp3) is 0.200. The second-order valence-corrected chi connectivity index (χ2v) is 7.10. The first-order valence-electron chi connectivity index (χ1n) is 6.05. The SMILES string of the molecule is COc1cc(Br)cc(NC(C)c2ccc(Br)cc2Br)c1. The minimum absolute atomic E-state index is 0.177. The lowest BCUT2D eigenvalue weighted by molar-refractivity contribution is 0.414. The van der Waals surface area contributed by atoms with Crippen LogP contribution in [0.2, 0.25) is 0 Å². The third-order valence-electron chi connectivity index (χ3n) is 2.92. The molecular weight excluding hydrogens is 450 g/mol. The van der Waals surface area contributed by atoms with E-state index < -0.39 is 0 Å². The summed E-state index contributed by atoms with van der Waals surface area (Å²) in [7, 11) is 1.67. The van der Waals surface area contributed by atoms with Crippen LogP contribution in [0.5, 0.6) is 5.75 Å². The van der Waals surface area contributed by atoms with Crippen LogP contribution in [-0.4, -0.2) is 7.11 Å². The average Bonchev–Trinajstić information content (AvgIpc) is 2.37. The van der Waals surface area contributed by atoms with Gasteiger partial charge >= 0.3 is 0 Å². The summed E-state index contributed by atoms with van der Waals surface area (Å²) in [4.78, 5) is 0. The van der Waals surface area contributed by atoms with E-state index in [1.54, 1.807) is 7.11 Å². The number of anilines is 1. The molecule has 0 saturated heterocycles. The largest absolute Gasteiger partial charge is 0.497 e. The Balaban J connectivity index is 2.22. The minimum atomic E-state index is 0.177. The van der Waals surface area contributed by atoms with Crippen molar-refractivity contribution < 1.29 is 4.74 Å². The molecule has 0 saturated carbocycles. The maximum Gasteiger partial charge on any atom is 0.122 e. The molecule has 2 aromatic rings. The summed E-state index contributed by atoms with van der Waals surface area (Å²) < 4.78 is 8.40. The topological polar surface area (TPSA) is 21.3 Å². The van der Waals surface area contributed by atoms with Crippen LogP contribution in [0.15, 0.2) is 49.8 Å². The van der Waals surface area contributed by atoms with Gasteiger partial charge in [-0.15, -0.1) is 0 Å². The van der Waals surface area contributed by atoms with Crippen molar-refractivity contribution in [1.82, 2.24) is 0 Å². The van der Waals surface area contributed by atoms with Crippen LogP contribution < -0.4 is 10.1 Å². The zero-order valence-corrected chi connectivity index (χ0v) is 15.8. The highest BCUT2D eigenvalue weighted by Crippen LogP contribution is 2.31. The molecule has 0 heterocycles. The molecule has 106 valence electrons. The molecule has 2 nitrogen and oxygen atoms in total. The maximum absolute atomic E-state index is 5.28. The lowest BCUT2D eigenvalue weighted by Crippen LogP contribution is -2.07. The van der Waals surface area contributed by atoms with Crippen LogP contribution in [0.4, 0.5) is 5.69 Å². The van der Waals surface area contributed by atoms with E-state index in [9.17, 15) is 0 Å². The molecule has 1 unspecified atom stereocenters. The first-order valence-corrected chi connectivity index (χ1v) is 8.43. The zero-order chi connectivity index (χ0) is 14.7. The summed E-state index contributed by atoms with van der Waals surface area (Å²) >= 11 is 10.6. The highest BCUT2D eigenvalue weighted by Gasteiger charge is 2.10. The fourth-order valence-corrected chi connectivity index (χ4v) is 3.81. The first-order chi connectivity index (χ1) is 9.49. The van der Waals surface area contributed by atoms with Crippen molar-refractivity contribution in [2.45, 2.75) is 13.0 Å². The van der Waals surface area contributed by atoms with E-state index in [0.717, 1.165) is 24.9 Å². The number of ether oxygens (including phenoxy) is 1. The predicted molar refractivity (Wildman–Crippen MR) is 94.6 cm³/mol. The summed E-state index contributed by atoms with van der Waals surface area (Å²) in [5, 5.41) is 3.48. The number of halogens is 3. The standard InChI is InChI=1S/C15H14Br3NO/c1-9(14-4-3-10(16)7-15(14)18)19-12-5-11(17)6-13(8-12)20-2/h3-9,19H,1-2H3. The number of nitrogens with one attached hydrogen (secondary N) is 1. The third kappa shape index (κ3) is 3.99. The molecule has 0 fully saturated rings. The van der Waals surface area contributed by atoms with Crippen molar-refractivity contribution in [2.24, 2.45) is 0 Å². The van der Waals surface area contributed by atoms with Crippen molar-refractivity contribution >= 4 is 53.5 Å². The molecule has 1 N–H and O–H groups in total. The van der Waals surface area contributed by atoms with Crippen molar-refractivity contribution in [3.8, 4) is 5.75 Å². The Bertz CT molecular complexity index is 616. The Morgan fingerprint density at radius 1 is 1.00 bits per heavy atom. The molecule has 0 aliphatic rings. The van der Waals surface area contributed by atoms with Gasteiger partial charge in [0.05, 0.1) is 7.11 Å². The van der Waals surface area contributed by atoms with Gasteiger partial charge in [0, 0.05) is 31.2 Å². The van der Waals surface area contributed by atoms with Gasteiger partial charge in [0.25, 0.3) is 0 Å². The zero-order valence-electron chi connectivity index (χ0n) is 11.1. The molecular formula is C15H14Br3NO. The summed E-state index contributed by atoms with van der Waals surface area (Å²) in [6, 6.07) is 12.3. The quantitative estimate of drug-likeness (QED) is 0.586. The van der Waals surface area contributed by atoms with E-state index in [4.69, 9.17) is 4.74 Å². The van der Waals surface area contributed by atoms with Crippen molar-refractivity contribution in [1.29, 1.82) is 0 Å². The molecule has 2 aromatic carbocycles. The van der Waals surface area contributed by atoms with E-state index in [1.807, 2.05) is 24.3 Å². The molecule has 0 aliphatic heterocycles. The number of hydrogen-bond donors (Lipinski definition) is 1. The Hall–Kier alpha value is -0.520. The highest BCUT2D eigenvalue weighted by molar-refractivity contribution is 9.11. The molecule has 0 spiro atoms. The van der Waals surface area contributed by atoms with Gasteiger partial charge in [-0.1, -0.05) is 53.9 Å². The second kappa shape index (κ2) is 6.96. The van der Waals surface area contributed by atoms with Crippen LogP contribution in [0.1, 0.15) is 18.5 Å². The minimum Gasteiger partial charge on any atom is -0.497 e. The highest BCUT2D eigenvalue weighted by atomic mass is 79.9. The lowest BCUT2D eigenvalue weighted by Gasteiger charge is -2.18. The van der Waals surface area contributed by atoms with Crippen LogP contribution in [0.3, 0.4) is 0 Å². The van der Waals surface area contributed by atoms with Crippen LogP contribution >= 0.6 is 47.8 Å². The number of hydrogen-bond acceptors (Lipinski definition) is 2. The number of benzene rings is 2. The monoisotopic (exact) mass is 461 g/mol. The Labute approximate surface area is 144 Å². The van der Waals surface area contributed by atoms with E-state index in [1.165, 1.54) is 5.56 Å². The normalized spacial score (nSPS) is 12.1. The van der Waals surface area contributed by atoms with Gasteiger partial charge in [-0.2, -0.15) is 0 Å². The molecule has 0 aliphatic carbocycles. The van der Waals surface area contributed by atoms with Crippen LogP contribution in [0, 0.1) is 0 Å². The maximum atomic E-state index is 5.28. The Morgan fingerprint density at radius 3 is 2.40 bits per heavy atom. The molecule has 0 amide bonds. The number of methoxy groups -OCH3 is 1. The van der Waals surface area contributed by atoms with Crippen molar-refractivity contribution in [3.05, 3.63) is 55.4 Å². The summed E-state index contributed by atoms with van der Waals surface area (Å²) in [5.74, 6) is 0.823. The molecule has 0 radical (unpaired) electrons.